The molecular weight excluding hydrogens is 172 g/mol. The number of rotatable bonds is 4. The molecule has 0 rings (SSSR count). The molecule has 0 fully saturated rings. The Bertz CT molecular complexity index is 192. The summed E-state index contributed by atoms with van der Waals surface area (Å²) in [5.74, 6) is -0.331. The lowest BCUT2D eigenvalue weighted by Gasteiger charge is -2.19. The Morgan fingerprint density at radius 3 is 2.23 bits per heavy atom. The van der Waals surface area contributed by atoms with Gasteiger partial charge in [0.15, 0.2) is 0 Å². The molecule has 0 aromatic carbocycles. The van der Waals surface area contributed by atoms with E-state index in [1.165, 1.54) is 0 Å². The van der Waals surface area contributed by atoms with Crippen LogP contribution in [0.5, 0.6) is 0 Å². The number of hydrogen-bond acceptors (Lipinski definition) is 2. The molecule has 0 spiro atoms. The SMILES string of the molecule is CCNC(=O)C(NC(=O)O)C(C)C. The smallest absolute Gasteiger partial charge is 0.405 e. The number of nitrogens with one attached hydrogen (secondary N) is 2. The van der Waals surface area contributed by atoms with Crippen LogP contribution in [0.15, 0.2) is 0 Å². The minimum absolute atomic E-state index is 0.0531. The molecule has 2 amide bonds. The van der Waals surface area contributed by atoms with Crippen LogP contribution in [-0.4, -0.2) is 29.7 Å². The maximum Gasteiger partial charge on any atom is 0.405 e. The molecule has 0 aromatic rings. The molecule has 3 N–H and O–H groups in total. The summed E-state index contributed by atoms with van der Waals surface area (Å²) >= 11 is 0. The Balaban J connectivity index is 4.24. The lowest BCUT2D eigenvalue weighted by atomic mass is 10.0. The minimum atomic E-state index is -1.18. The lowest BCUT2D eigenvalue weighted by Crippen LogP contribution is -2.49. The van der Waals surface area contributed by atoms with Crippen molar-refractivity contribution >= 4 is 12.0 Å². The molecule has 0 radical (unpaired) electrons. The number of carbonyl (C=O) groups is 2. The van der Waals surface area contributed by atoms with Gasteiger partial charge in [-0.05, 0) is 12.8 Å². The van der Waals surface area contributed by atoms with Crippen molar-refractivity contribution in [2.45, 2.75) is 26.8 Å². The average molecular weight is 188 g/mol. The van der Waals surface area contributed by atoms with Crippen molar-refractivity contribution < 1.29 is 14.7 Å². The fourth-order valence-corrected chi connectivity index (χ4v) is 0.952. The van der Waals surface area contributed by atoms with E-state index in [1.54, 1.807) is 20.8 Å². The minimum Gasteiger partial charge on any atom is -0.465 e. The van der Waals surface area contributed by atoms with Crippen molar-refractivity contribution in [1.29, 1.82) is 0 Å². The van der Waals surface area contributed by atoms with E-state index in [0.29, 0.717) is 6.54 Å². The zero-order valence-corrected chi connectivity index (χ0v) is 8.13. The largest absolute Gasteiger partial charge is 0.465 e. The van der Waals surface area contributed by atoms with Gasteiger partial charge in [0, 0.05) is 6.54 Å². The van der Waals surface area contributed by atoms with Gasteiger partial charge in [0.1, 0.15) is 6.04 Å². The standard InChI is InChI=1S/C8H16N2O3/c1-4-9-7(11)6(5(2)3)10-8(12)13/h5-6,10H,4H2,1-3H3,(H,9,11)(H,12,13). The van der Waals surface area contributed by atoms with Crippen molar-refractivity contribution in [2.24, 2.45) is 5.92 Å². The third-order valence-electron chi connectivity index (χ3n) is 1.58. The van der Waals surface area contributed by atoms with Crippen molar-refractivity contribution in [1.82, 2.24) is 10.6 Å². The van der Waals surface area contributed by atoms with Crippen molar-refractivity contribution in [3.05, 3.63) is 0 Å². The van der Waals surface area contributed by atoms with Crippen LogP contribution in [0.4, 0.5) is 4.79 Å². The predicted molar refractivity (Wildman–Crippen MR) is 48.5 cm³/mol. The van der Waals surface area contributed by atoms with Gasteiger partial charge in [0.05, 0.1) is 0 Å². The van der Waals surface area contributed by atoms with E-state index in [9.17, 15) is 9.59 Å². The van der Waals surface area contributed by atoms with E-state index >= 15 is 0 Å². The first-order valence-electron chi connectivity index (χ1n) is 4.26. The van der Waals surface area contributed by atoms with E-state index < -0.39 is 12.1 Å². The van der Waals surface area contributed by atoms with Crippen LogP contribution < -0.4 is 10.6 Å². The summed E-state index contributed by atoms with van der Waals surface area (Å²) in [7, 11) is 0. The van der Waals surface area contributed by atoms with Crippen LogP contribution >= 0.6 is 0 Å². The highest BCUT2D eigenvalue weighted by atomic mass is 16.4. The maximum atomic E-state index is 11.3. The first kappa shape index (κ1) is 11.7. The molecule has 1 unspecified atom stereocenters. The van der Waals surface area contributed by atoms with Crippen LogP contribution in [0.3, 0.4) is 0 Å². The summed E-state index contributed by atoms with van der Waals surface area (Å²) < 4.78 is 0. The highest BCUT2D eigenvalue weighted by Crippen LogP contribution is 2.01. The van der Waals surface area contributed by atoms with Gasteiger partial charge in [-0.1, -0.05) is 13.8 Å². The molecule has 13 heavy (non-hydrogen) atoms. The molecular formula is C8H16N2O3. The molecule has 0 bridgehead atoms. The predicted octanol–water partition coefficient (Wildman–Crippen LogP) is 0.415. The molecule has 0 saturated carbocycles. The van der Waals surface area contributed by atoms with Gasteiger partial charge in [0.2, 0.25) is 5.91 Å². The second-order valence-corrected chi connectivity index (χ2v) is 3.07. The summed E-state index contributed by atoms with van der Waals surface area (Å²) in [4.78, 5) is 21.6. The summed E-state index contributed by atoms with van der Waals surface area (Å²) in [6.45, 7) is 5.87. The normalized spacial score (nSPS) is 12.3. The van der Waals surface area contributed by atoms with E-state index in [0.717, 1.165) is 0 Å². The van der Waals surface area contributed by atoms with E-state index in [4.69, 9.17) is 5.11 Å². The van der Waals surface area contributed by atoms with Crippen LogP contribution in [-0.2, 0) is 4.79 Å². The fourth-order valence-electron chi connectivity index (χ4n) is 0.952. The van der Waals surface area contributed by atoms with Crippen LogP contribution in [0, 0.1) is 5.92 Å². The number of carbonyl (C=O) groups excluding carboxylic acids is 1. The summed E-state index contributed by atoms with van der Waals surface area (Å²) in [5, 5.41) is 13.2. The zero-order valence-electron chi connectivity index (χ0n) is 8.13. The van der Waals surface area contributed by atoms with Crippen molar-refractivity contribution in [2.75, 3.05) is 6.54 Å². The third kappa shape index (κ3) is 4.35. The van der Waals surface area contributed by atoms with Gasteiger partial charge in [-0.2, -0.15) is 0 Å². The molecule has 0 aromatic heterocycles. The Hall–Kier alpha value is -1.26. The summed E-state index contributed by atoms with van der Waals surface area (Å²) in [5.41, 5.74) is 0. The van der Waals surface area contributed by atoms with Crippen molar-refractivity contribution in [3.63, 3.8) is 0 Å². The second-order valence-electron chi connectivity index (χ2n) is 3.07. The molecule has 0 heterocycles. The summed E-state index contributed by atoms with van der Waals surface area (Å²) in [6.07, 6.45) is -1.18. The monoisotopic (exact) mass is 188 g/mol. The highest BCUT2D eigenvalue weighted by Gasteiger charge is 2.22. The zero-order chi connectivity index (χ0) is 10.4. The van der Waals surface area contributed by atoms with Crippen LogP contribution in [0.1, 0.15) is 20.8 Å². The first-order valence-corrected chi connectivity index (χ1v) is 4.26. The maximum absolute atomic E-state index is 11.3. The number of likely N-dealkylation sites (N-methyl/N-ethyl adjacent to an activating group) is 1. The van der Waals surface area contributed by atoms with E-state index in [2.05, 4.69) is 10.6 Å². The van der Waals surface area contributed by atoms with Crippen molar-refractivity contribution in [3.8, 4) is 0 Å². The quantitative estimate of drug-likeness (QED) is 0.598. The summed E-state index contributed by atoms with van der Waals surface area (Å²) in [6, 6.07) is -0.669. The lowest BCUT2D eigenvalue weighted by molar-refractivity contribution is -0.123. The Labute approximate surface area is 77.5 Å². The third-order valence-corrected chi connectivity index (χ3v) is 1.58. The average Bonchev–Trinajstić information content (AvgIpc) is 1.99. The fraction of sp³-hybridized carbons (Fsp3) is 0.750. The highest BCUT2D eigenvalue weighted by molar-refractivity contribution is 5.85. The Morgan fingerprint density at radius 1 is 1.38 bits per heavy atom. The Kier molecular flexibility index (Phi) is 4.87. The topological polar surface area (TPSA) is 78.4 Å². The molecule has 0 aliphatic heterocycles. The van der Waals surface area contributed by atoms with Gasteiger partial charge in [0.25, 0.3) is 0 Å². The molecule has 0 aliphatic rings. The molecule has 1 atom stereocenters. The Morgan fingerprint density at radius 2 is 1.92 bits per heavy atom. The molecule has 5 heteroatoms. The molecule has 0 aliphatic carbocycles. The molecule has 0 saturated heterocycles. The van der Waals surface area contributed by atoms with Gasteiger partial charge < -0.3 is 15.7 Å². The van der Waals surface area contributed by atoms with E-state index in [1.807, 2.05) is 0 Å². The van der Waals surface area contributed by atoms with Gasteiger partial charge >= 0.3 is 6.09 Å². The van der Waals surface area contributed by atoms with Gasteiger partial charge in [-0.25, -0.2) is 4.79 Å². The second kappa shape index (κ2) is 5.40. The molecule has 5 nitrogen and oxygen atoms in total. The van der Waals surface area contributed by atoms with Gasteiger partial charge in [-0.3, -0.25) is 4.79 Å². The van der Waals surface area contributed by atoms with Crippen LogP contribution in [0.2, 0.25) is 0 Å². The van der Waals surface area contributed by atoms with E-state index in [-0.39, 0.29) is 11.8 Å². The molecule has 76 valence electrons. The number of carboxylic acid groups (broad SMARTS) is 1. The number of hydrogen-bond donors (Lipinski definition) is 3. The van der Waals surface area contributed by atoms with Crippen LogP contribution in [0.25, 0.3) is 0 Å². The number of amides is 2. The first-order chi connectivity index (χ1) is 5.99. The van der Waals surface area contributed by atoms with Gasteiger partial charge in [-0.15, -0.1) is 0 Å².